The number of aryl methyl sites for hydroxylation is 2. The van der Waals surface area contributed by atoms with Gasteiger partial charge in [0.1, 0.15) is 11.6 Å². The zero-order chi connectivity index (χ0) is 19.1. The maximum atomic E-state index is 12.3. The number of nitriles is 1. The SMILES string of the molecule is CCc1cccc(C)c1N/C=C(/C#N)C(=O)Nc1cccc(C(=O)O)c1. The van der Waals surface area contributed by atoms with Gasteiger partial charge in [0.25, 0.3) is 5.91 Å². The third-order valence-corrected chi connectivity index (χ3v) is 3.83. The lowest BCUT2D eigenvalue weighted by atomic mass is 10.1. The first-order valence-corrected chi connectivity index (χ1v) is 8.06. The van der Waals surface area contributed by atoms with E-state index in [0.29, 0.717) is 5.69 Å². The molecule has 6 heteroatoms. The summed E-state index contributed by atoms with van der Waals surface area (Å²) in [4.78, 5) is 23.3. The lowest BCUT2D eigenvalue weighted by Crippen LogP contribution is -2.15. The smallest absolute Gasteiger partial charge is 0.335 e. The molecule has 0 aromatic heterocycles. The van der Waals surface area contributed by atoms with Crippen molar-refractivity contribution in [3.8, 4) is 6.07 Å². The fraction of sp³-hybridized carbons (Fsp3) is 0.150. The Bertz CT molecular complexity index is 911. The highest BCUT2D eigenvalue weighted by atomic mass is 16.4. The number of nitrogens with zero attached hydrogens (tertiary/aromatic N) is 1. The van der Waals surface area contributed by atoms with Crippen LogP contribution in [-0.2, 0) is 11.2 Å². The minimum Gasteiger partial charge on any atom is -0.478 e. The van der Waals surface area contributed by atoms with Gasteiger partial charge < -0.3 is 15.7 Å². The number of carboxylic acids is 1. The first-order chi connectivity index (χ1) is 12.5. The van der Waals surface area contributed by atoms with Crippen LogP contribution in [0.4, 0.5) is 11.4 Å². The number of para-hydroxylation sites is 1. The highest BCUT2D eigenvalue weighted by Crippen LogP contribution is 2.21. The van der Waals surface area contributed by atoms with Crippen LogP contribution in [0.25, 0.3) is 0 Å². The highest BCUT2D eigenvalue weighted by molar-refractivity contribution is 6.07. The first-order valence-electron chi connectivity index (χ1n) is 8.06. The highest BCUT2D eigenvalue weighted by Gasteiger charge is 2.11. The van der Waals surface area contributed by atoms with Gasteiger partial charge in [-0.05, 0) is 42.7 Å². The predicted molar refractivity (Wildman–Crippen MR) is 99.9 cm³/mol. The standard InChI is InChI=1S/C20H19N3O3/c1-3-14-7-4-6-13(2)18(14)22-12-16(11-21)19(24)23-17-9-5-8-15(10-17)20(25)26/h4-10,12,22H,3H2,1-2H3,(H,23,24)(H,25,26)/b16-12-. The van der Waals surface area contributed by atoms with Crippen molar-refractivity contribution in [3.63, 3.8) is 0 Å². The van der Waals surface area contributed by atoms with Crippen LogP contribution in [0, 0.1) is 18.3 Å². The van der Waals surface area contributed by atoms with E-state index < -0.39 is 11.9 Å². The number of carbonyl (C=O) groups excluding carboxylic acids is 1. The topological polar surface area (TPSA) is 102 Å². The number of aromatic carboxylic acids is 1. The Balaban J connectivity index is 2.19. The normalized spacial score (nSPS) is 10.7. The van der Waals surface area contributed by atoms with Crippen molar-refractivity contribution in [1.82, 2.24) is 0 Å². The monoisotopic (exact) mass is 349 g/mol. The summed E-state index contributed by atoms with van der Waals surface area (Å²) in [6.07, 6.45) is 2.17. The number of rotatable bonds is 6. The van der Waals surface area contributed by atoms with Gasteiger partial charge in [0, 0.05) is 17.6 Å². The summed E-state index contributed by atoms with van der Waals surface area (Å²) in [7, 11) is 0. The summed E-state index contributed by atoms with van der Waals surface area (Å²) in [5.41, 5.74) is 3.19. The average Bonchev–Trinajstić information content (AvgIpc) is 2.63. The summed E-state index contributed by atoms with van der Waals surface area (Å²) in [6.45, 7) is 3.97. The van der Waals surface area contributed by atoms with Crippen LogP contribution >= 0.6 is 0 Å². The summed E-state index contributed by atoms with van der Waals surface area (Å²) in [5.74, 6) is -1.71. The average molecular weight is 349 g/mol. The van der Waals surface area contributed by atoms with Crippen molar-refractivity contribution in [3.05, 3.63) is 70.9 Å². The maximum absolute atomic E-state index is 12.3. The van der Waals surface area contributed by atoms with E-state index in [-0.39, 0.29) is 11.1 Å². The van der Waals surface area contributed by atoms with Crippen molar-refractivity contribution in [2.45, 2.75) is 20.3 Å². The summed E-state index contributed by atoms with van der Waals surface area (Å²) < 4.78 is 0. The van der Waals surface area contributed by atoms with Crippen molar-refractivity contribution in [2.24, 2.45) is 0 Å². The third kappa shape index (κ3) is 4.48. The molecule has 26 heavy (non-hydrogen) atoms. The molecule has 2 aromatic rings. The van der Waals surface area contributed by atoms with Gasteiger partial charge in [-0.15, -0.1) is 0 Å². The molecule has 3 N–H and O–H groups in total. The molecule has 0 saturated heterocycles. The maximum Gasteiger partial charge on any atom is 0.335 e. The van der Waals surface area contributed by atoms with Gasteiger partial charge in [0.2, 0.25) is 0 Å². The fourth-order valence-electron chi connectivity index (χ4n) is 2.45. The van der Waals surface area contributed by atoms with Gasteiger partial charge in [-0.2, -0.15) is 5.26 Å². The van der Waals surface area contributed by atoms with Gasteiger partial charge in [-0.25, -0.2) is 4.79 Å². The minimum atomic E-state index is -1.09. The van der Waals surface area contributed by atoms with Crippen molar-refractivity contribution in [1.29, 1.82) is 5.26 Å². The lowest BCUT2D eigenvalue weighted by molar-refractivity contribution is -0.112. The molecule has 0 radical (unpaired) electrons. The number of carboxylic acid groups (broad SMARTS) is 1. The van der Waals surface area contributed by atoms with Gasteiger partial charge in [0.15, 0.2) is 0 Å². The van der Waals surface area contributed by atoms with Gasteiger partial charge in [0.05, 0.1) is 5.56 Å². The van der Waals surface area contributed by atoms with Crippen LogP contribution in [-0.4, -0.2) is 17.0 Å². The minimum absolute atomic E-state index is 0.0518. The number of hydrogen-bond donors (Lipinski definition) is 3. The van der Waals surface area contributed by atoms with E-state index in [2.05, 4.69) is 10.6 Å². The molecule has 0 spiro atoms. The predicted octanol–water partition coefficient (Wildman–Crippen LogP) is 3.71. The molecule has 0 aliphatic rings. The number of benzene rings is 2. The zero-order valence-electron chi connectivity index (χ0n) is 14.5. The fourth-order valence-corrected chi connectivity index (χ4v) is 2.45. The van der Waals surface area contributed by atoms with E-state index in [1.807, 2.05) is 38.1 Å². The molecule has 0 fully saturated rings. The van der Waals surface area contributed by atoms with E-state index >= 15 is 0 Å². The Morgan fingerprint density at radius 3 is 2.62 bits per heavy atom. The van der Waals surface area contributed by atoms with E-state index in [9.17, 15) is 14.9 Å². The molecule has 0 heterocycles. The molecule has 0 aliphatic heterocycles. The number of hydrogen-bond acceptors (Lipinski definition) is 4. The molecular formula is C20H19N3O3. The molecule has 0 atom stereocenters. The van der Waals surface area contributed by atoms with Crippen LogP contribution in [0.5, 0.6) is 0 Å². The van der Waals surface area contributed by atoms with Crippen LogP contribution in [0.3, 0.4) is 0 Å². The second kappa shape index (κ2) is 8.49. The largest absolute Gasteiger partial charge is 0.478 e. The molecule has 0 unspecified atom stereocenters. The van der Waals surface area contributed by atoms with Crippen molar-refractivity contribution in [2.75, 3.05) is 10.6 Å². The van der Waals surface area contributed by atoms with E-state index in [1.54, 1.807) is 6.07 Å². The zero-order valence-corrected chi connectivity index (χ0v) is 14.5. The molecule has 2 aromatic carbocycles. The number of amides is 1. The van der Waals surface area contributed by atoms with Gasteiger partial charge in [-0.1, -0.05) is 31.2 Å². The Hall–Kier alpha value is -3.59. The van der Waals surface area contributed by atoms with Crippen LogP contribution in [0.2, 0.25) is 0 Å². The summed E-state index contributed by atoms with van der Waals surface area (Å²) >= 11 is 0. The third-order valence-electron chi connectivity index (χ3n) is 3.83. The Labute approximate surface area is 151 Å². The summed E-state index contributed by atoms with van der Waals surface area (Å²) in [5, 5.41) is 23.9. The van der Waals surface area contributed by atoms with E-state index in [4.69, 9.17) is 5.11 Å². The van der Waals surface area contributed by atoms with Crippen LogP contribution in [0.15, 0.2) is 54.2 Å². The summed E-state index contributed by atoms with van der Waals surface area (Å²) in [6, 6.07) is 13.6. The molecule has 0 saturated carbocycles. The second-order valence-corrected chi connectivity index (χ2v) is 5.62. The van der Waals surface area contributed by atoms with Crippen molar-refractivity contribution >= 4 is 23.3 Å². The molecular weight excluding hydrogens is 330 g/mol. The van der Waals surface area contributed by atoms with Gasteiger partial charge >= 0.3 is 5.97 Å². The molecule has 6 nitrogen and oxygen atoms in total. The number of anilines is 2. The number of nitrogens with one attached hydrogen (secondary N) is 2. The first kappa shape index (κ1) is 18.7. The Kier molecular flexibility index (Phi) is 6.12. The van der Waals surface area contributed by atoms with Crippen molar-refractivity contribution < 1.29 is 14.7 Å². The second-order valence-electron chi connectivity index (χ2n) is 5.62. The molecule has 0 aliphatic carbocycles. The van der Waals surface area contributed by atoms with Crippen LogP contribution < -0.4 is 10.6 Å². The van der Waals surface area contributed by atoms with Crippen LogP contribution in [0.1, 0.15) is 28.4 Å². The Morgan fingerprint density at radius 1 is 1.23 bits per heavy atom. The quantitative estimate of drug-likeness (QED) is 0.545. The van der Waals surface area contributed by atoms with E-state index in [0.717, 1.165) is 23.2 Å². The lowest BCUT2D eigenvalue weighted by Gasteiger charge is -2.11. The number of carbonyl (C=O) groups is 2. The van der Waals surface area contributed by atoms with E-state index in [1.165, 1.54) is 24.4 Å². The molecule has 0 bridgehead atoms. The molecule has 2 rings (SSSR count). The Morgan fingerprint density at radius 2 is 1.96 bits per heavy atom. The molecule has 132 valence electrons. The molecule has 1 amide bonds. The van der Waals surface area contributed by atoms with Gasteiger partial charge in [-0.3, -0.25) is 4.79 Å².